The molecule has 1 saturated heterocycles. The smallest absolute Gasteiger partial charge is 0.272 e. The van der Waals surface area contributed by atoms with E-state index in [0.29, 0.717) is 13.1 Å². The van der Waals surface area contributed by atoms with Gasteiger partial charge >= 0.3 is 0 Å². The third kappa shape index (κ3) is 3.88. The third-order valence-corrected chi connectivity index (χ3v) is 6.38. The topological polar surface area (TPSA) is 84.2 Å². The Hall–Kier alpha value is -1.84. The molecule has 9 heteroatoms. The number of rotatable bonds is 6. The van der Waals surface area contributed by atoms with Crippen molar-refractivity contribution in [3.05, 3.63) is 30.5 Å². The van der Waals surface area contributed by atoms with E-state index in [9.17, 15) is 8.42 Å². The predicted octanol–water partition coefficient (Wildman–Crippen LogP) is 1.03. The largest absolute Gasteiger partial charge is 0.281 e. The molecule has 3 heterocycles. The average Bonchev–Trinajstić information content (AvgIpc) is 3.24. The summed E-state index contributed by atoms with van der Waals surface area (Å²) in [7, 11) is -0.206. The molecule has 0 aromatic carbocycles. The Morgan fingerprint density at radius 3 is 2.76 bits per heavy atom. The van der Waals surface area contributed by atoms with Crippen molar-refractivity contribution in [2.45, 2.75) is 26.3 Å². The minimum atomic E-state index is -3.33. The van der Waals surface area contributed by atoms with E-state index in [1.54, 1.807) is 37.0 Å². The number of nitrogens with zero attached hydrogens (tertiary/aromatic N) is 6. The van der Waals surface area contributed by atoms with E-state index < -0.39 is 10.2 Å². The van der Waals surface area contributed by atoms with Gasteiger partial charge in [-0.15, -0.1) is 0 Å². The van der Waals surface area contributed by atoms with E-state index in [1.807, 2.05) is 17.8 Å². The summed E-state index contributed by atoms with van der Waals surface area (Å²) in [4.78, 5) is 8.98. The Kier molecular flexibility index (Phi) is 5.16. The monoisotopic (exact) mass is 364 g/mol. The van der Waals surface area contributed by atoms with Gasteiger partial charge < -0.3 is 0 Å². The lowest BCUT2D eigenvalue weighted by molar-refractivity contribution is 0.409. The maximum atomic E-state index is 12.2. The zero-order valence-electron chi connectivity index (χ0n) is 14.8. The minimum absolute atomic E-state index is 0.262. The number of aryl methyl sites for hydroxylation is 1. The first-order chi connectivity index (χ1) is 11.9. The maximum Gasteiger partial charge on any atom is 0.281 e. The highest BCUT2D eigenvalue weighted by Gasteiger charge is 2.32. The van der Waals surface area contributed by atoms with Gasteiger partial charge in [0.25, 0.3) is 10.2 Å². The Morgan fingerprint density at radius 1 is 1.28 bits per heavy atom. The van der Waals surface area contributed by atoms with Gasteiger partial charge in [-0.3, -0.25) is 9.67 Å². The lowest BCUT2D eigenvalue weighted by atomic mass is 10.0. The van der Waals surface area contributed by atoms with Gasteiger partial charge in [-0.2, -0.15) is 22.1 Å². The Labute approximate surface area is 148 Å². The first kappa shape index (κ1) is 18.0. The number of hydrogen-bond acceptors (Lipinski definition) is 5. The van der Waals surface area contributed by atoms with Crippen molar-refractivity contribution < 1.29 is 8.42 Å². The van der Waals surface area contributed by atoms with Crippen LogP contribution in [0.2, 0.25) is 0 Å². The van der Waals surface area contributed by atoms with Gasteiger partial charge in [-0.05, 0) is 25.7 Å². The molecule has 1 unspecified atom stereocenters. The second-order valence-electron chi connectivity index (χ2n) is 6.49. The molecule has 0 N–H and O–H groups in total. The molecular formula is C16H24N6O2S. The summed E-state index contributed by atoms with van der Waals surface area (Å²) in [6, 6.07) is 0. The molecule has 3 rings (SSSR count). The Morgan fingerprint density at radius 2 is 2.08 bits per heavy atom. The van der Waals surface area contributed by atoms with Crippen LogP contribution in [-0.2, 0) is 23.2 Å². The van der Waals surface area contributed by atoms with E-state index in [0.717, 1.165) is 36.3 Å². The molecule has 1 atom stereocenters. The van der Waals surface area contributed by atoms with Crippen LogP contribution in [0.15, 0.2) is 24.8 Å². The van der Waals surface area contributed by atoms with Crippen LogP contribution in [0, 0.1) is 5.92 Å². The van der Waals surface area contributed by atoms with Gasteiger partial charge in [-0.1, -0.05) is 0 Å². The summed E-state index contributed by atoms with van der Waals surface area (Å²) in [5.41, 5.74) is 2.63. The molecule has 1 fully saturated rings. The number of hydrogen-bond donors (Lipinski definition) is 0. The molecule has 8 nitrogen and oxygen atoms in total. The van der Waals surface area contributed by atoms with Gasteiger partial charge in [0.15, 0.2) is 0 Å². The molecule has 1 aliphatic heterocycles. The molecule has 2 aromatic rings. The van der Waals surface area contributed by atoms with E-state index in [1.165, 1.54) is 4.31 Å². The second-order valence-corrected chi connectivity index (χ2v) is 8.63. The molecule has 0 amide bonds. The van der Waals surface area contributed by atoms with Crippen LogP contribution in [-0.4, -0.2) is 64.0 Å². The molecule has 0 radical (unpaired) electrons. The minimum Gasteiger partial charge on any atom is -0.272 e. The third-order valence-electron chi connectivity index (χ3n) is 4.47. The van der Waals surface area contributed by atoms with Gasteiger partial charge in [0, 0.05) is 51.7 Å². The first-order valence-electron chi connectivity index (χ1n) is 8.41. The fraction of sp³-hybridized carbons (Fsp3) is 0.562. The van der Waals surface area contributed by atoms with E-state index >= 15 is 0 Å². The quantitative estimate of drug-likeness (QED) is 0.764. The van der Waals surface area contributed by atoms with Crippen molar-refractivity contribution >= 4 is 10.2 Å². The van der Waals surface area contributed by atoms with Crippen molar-refractivity contribution in [2.24, 2.45) is 5.92 Å². The van der Waals surface area contributed by atoms with Gasteiger partial charge in [-0.25, -0.2) is 4.98 Å². The lowest BCUT2D eigenvalue weighted by Crippen LogP contribution is -2.38. The molecule has 0 aliphatic carbocycles. The van der Waals surface area contributed by atoms with Crippen LogP contribution in [0.3, 0.4) is 0 Å². The highest BCUT2D eigenvalue weighted by molar-refractivity contribution is 7.86. The van der Waals surface area contributed by atoms with Crippen LogP contribution in [0.5, 0.6) is 0 Å². The summed E-state index contributed by atoms with van der Waals surface area (Å²) in [5, 5.41) is 4.27. The van der Waals surface area contributed by atoms with Crippen molar-refractivity contribution in [1.82, 2.24) is 28.4 Å². The van der Waals surface area contributed by atoms with Crippen LogP contribution in [0.4, 0.5) is 0 Å². The summed E-state index contributed by atoms with van der Waals surface area (Å²) in [6.45, 7) is 3.93. The Balaban J connectivity index is 1.69. The molecular weight excluding hydrogens is 340 g/mol. The van der Waals surface area contributed by atoms with Gasteiger partial charge in [0.2, 0.25) is 0 Å². The molecule has 25 heavy (non-hydrogen) atoms. The lowest BCUT2D eigenvalue weighted by Gasteiger charge is -2.20. The van der Waals surface area contributed by atoms with Gasteiger partial charge in [0.05, 0.1) is 23.8 Å². The van der Waals surface area contributed by atoms with Crippen molar-refractivity contribution in [3.63, 3.8) is 0 Å². The second kappa shape index (κ2) is 7.19. The van der Waals surface area contributed by atoms with E-state index in [2.05, 4.69) is 15.1 Å². The molecule has 0 bridgehead atoms. The van der Waals surface area contributed by atoms with Crippen LogP contribution in [0.1, 0.15) is 19.0 Å². The standard InChI is InChI=1S/C16H24N6O2S/c1-4-21-12-14(8-18-21)16-10-17-9-15(19-16)7-13-5-6-22(11-13)25(23,24)20(2)3/h8-10,12-13H,4-7,11H2,1-3H3. The van der Waals surface area contributed by atoms with Crippen LogP contribution in [0.25, 0.3) is 11.3 Å². The highest BCUT2D eigenvalue weighted by atomic mass is 32.2. The predicted molar refractivity (Wildman–Crippen MR) is 94.9 cm³/mol. The van der Waals surface area contributed by atoms with E-state index in [4.69, 9.17) is 0 Å². The average molecular weight is 364 g/mol. The van der Waals surface area contributed by atoms with Crippen LogP contribution >= 0.6 is 0 Å². The highest BCUT2D eigenvalue weighted by Crippen LogP contribution is 2.24. The first-order valence-corrected chi connectivity index (χ1v) is 9.81. The number of aromatic nitrogens is 4. The van der Waals surface area contributed by atoms with Gasteiger partial charge in [0.1, 0.15) is 0 Å². The molecule has 2 aromatic heterocycles. The molecule has 0 saturated carbocycles. The van der Waals surface area contributed by atoms with Crippen LogP contribution < -0.4 is 0 Å². The van der Waals surface area contributed by atoms with E-state index in [-0.39, 0.29) is 5.92 Å². The fourth-order valence-corrected chi connectivity index (χ4v) is 4.21. The summed E-state index contributed by atoms with van der Waals surface area (Å²) in [6.07, 6.45) is 8.80. The fourth-order valence-electron chi connectivity index (χ4n) is 3.01. The molecule has 1 aliphatic rings. The summed E-state index contributed by atoms with van der Waals surface area (Å²) in [5.74, 6) is 0.262. The van der Waals surface area contributed by atoms with Crippen molar-refractivity contribution in [3.8, 4) is 11.3 Å². The zero-order valence-corrected chi connectivity index (χ0v) is 15.6. The Bertz CT molecular complexity index is 833. The molecule has 136 valence electrons. The molecule has 0 spiro atoms. The van der Waals surface area contributed by atoms with Crippen molar-refractivity contribution in [1.29, 1.82) is 0 Å². The maximum absolute atomic E-state index is 12.2. The summed E-state index contributed by atoms with van der Waals surface area (Å²) >= 11 is 0. The summed E-state index contributed by atoms with van der Waals surface area (Å²) < 4.78 is 29.1. The zero-order chi connectivity index (χ0) is 18.0. The normalized spacial score (nSPS) is 19.0. The SMILES string of the molecule is CCn1cc(-c2cncc(CC3CCN(S(=O)(=O)N(C)C)C3)n2)cn1. The van der Waals surface area contributed by atoms with Crippen molar-refractivity contribution in [2.75, 3.05) is 27.2 Å².